The average molecular weight is 505 g/mol. The van der Waals surface area contributed by atoms with Crippen molar-refractivity contribution in [1.29, 1.82) is 10.5 Å². The molecule has 0 saturated carbocycles. The van der Waals surface area contributed by atoms with Gasteiger partial charge in [-0.05, 0) is 27.1 Å². The van der Waals surface area contributed by atoms with Gasteiger partial charge in [-0.3, -0.25) is 0 Å². The average Bonchev–Trinajstić information content (AvgIpc) is 3.29. The van der Waals surface area contributed by atoms with E-state index in [9.17, 15) is 0 Å². The monoisotopic (exact) mass is 504 g/mol. The molecule has 0 bridgehead atoms. The van der Waals surface area contributed by atoms with Crippen molar-refractivity contribution < 1.29 is 0 Å². The zero-order valence-corrected chi connectivity index (χ0v) is 19.1. The Morgan fingerprint density at radius 1 is 0.818 bits per heavy atom. The fourth-order valence-corrected chi connectivity index (χ4v) is 3.31. The third kappa shape index (κ3) is 6.73. The van der Waals surface area contributed by atoms with Gasteiger partial charge >= 0.3 is 0 Å². The van der Waals surface area contributed by atoms with Crippen molar-refractivity contribution in [3.63, 3.8) is 0 Å². The van der Waals surface area contributed by atoms with Gasteiger partial charge < -0.3 is 28.0 Å². The summed E-state index contributed by atoms with van der Waals surface area (Å²) in [7, 11) is 0. The number of benzene rings is 2. The number of halogens is 1. The quantitative estimate of drug-likeness (QED) is 0.323. The lowest BCUT2D eigenvalue weighted by Gasteiger charge is -2.06. The largest absolute Gasteiger partial charge is 0.383 e. The van der Waals surface area contributed by atoms with Gasteiger partial charge in [0.25, 0.3) is 0 Å². The smallest absolute Gasteiger partial charge is 0.183 e. The van der Waals surface area contributed by atoms with Crippen LogP contribution >= 0.6 is 15.9 Å². The summed E-state index contributed by atoms with van der Waals surface area (Å²) in [5.74, 6) is 0.805. The van der Waals surface area contributed by atoms with Crippen molar-refractivity contribution in [2.24, 2.45) is 0 Å². The van der Waals surface area contributed by atoms with Crippen LogP contribution < -0.4 is 11.5 Å². The zero-order chi connectivity index (χ0) is 22.2. The summed E-state index contributed by atoms with van der Waals surface area (Å²) in [6.07, 6.45) is 1.58. The van der Waals surface area contributed by atoms with Crippen LogP contribution in [0.3, 0.4) is 0 Å². The SMILES string of the molecule is N#Cc1nc(Br)n(Cc2ccccc2)c1N.N#Cc1ncn(Cc2ccccc2)c1N.[BH4-].[CH3-]. The summed E-state index contributed by atoms with van der Waals surface area (Å²) in [6.45, 7) is 1.24. The van der Waals surface area contributed by atoms with Gasteiger partial charge in [-0.1, -0.05) is 69.1 Å². The highest BCUT2D eigenvalue weighted by molar-refractivity contribution is 9.10. The molecule has 0 atom stereocenters. The summed E-state index contributed by atoms with van der Waals surface area (Å²) in [5.41, 5.74) is 14.3. The number of anilines is 2. The number of aromatic nitrogens is 4. The number of imidazole rings is 2. The summed E-state index contributed by atoms with van der Waals surface area (Å²) in [6, 6.07) is 23.7. The molecule has 2 heterocycles. The summed E-state index contributed by atoms with van der Waals surface area (Å²) in [5, 5.41) is 17.5. The number of nitrogens with zero attached hydrogens (tertiary/aromatic N) is 6. The Morgan fingerprint density at radius 2 is 1.33 bits per heavy atom. The van der Waals surface area contributed by atoms with Crippen LogP contribution in [-0.2, 0) is 13.1 Å². The molecule has 8 nitrogen and oxygen atoms in total. The first kappa shape index (κ1) is 27.0. The summed E-state index contributed by atoms with van der Waals surface area (Å²) >= 11 is 3.29. The van der Waals surface area contributed by atoms with Crippen molar-refractivity contribution in [3.05, 3.63) is 102 Å². The molecule has 0 unspecified atom stereocenters. The number of nitrogen functional groups attached to an aromatic ring is 2. The molecule has 0 fully saturated rings. The highest BCUT2D eigenvalue weighted by Crippen LogP contribution is 2.20. The van der Waals surface area contributed by atoms with Crippen LogP contribution in [0.2, 0.25) is 0 Å². The van der Waals surface area contributed by atoms with E-state index >= 15 is 0 Å². The van der Waals surface area contributed by atoms with Crippen LogP contribution in [0, 0.1) is 30.1 Å². The lowest BCUT2D eigenvalue weighted by atomic mass is 10.2. The molecule has 0 saturated heterocycles. The molecule has 0 spiro atoms. The standard InChI is InChI=1S/C11H9BrN4.C11H10N4.CH3.BH4/c12-11-15-9(6-13)10(14)16(11)7-8-4-2-1-3-5-8;12-6-10-11(13)15(8-14-10)7-9-4-2-1-3-5-9;;/h1-5H,7,14H2;1-5,8H,7,13H2;1H3;1H4/q;;2*-1. The highest BCUT2D eigenvalue weighted by Gasteiger charge is 2.12. The second kappa shape index (κ2) is 12.7. The maximum atomic E-state index is 8.80. The fraction of sp³-hybridized carbons (Fsp3) is 0.0870. The molecule has 4 rings (SSSR count). The molecule has 0 radical (unpaired) electrons. The molecular weight excluding hydrogens is 479 g/mol. The summed E-state index contributed by atoms with van der Waals surface area (Å²) < 4.78 is 4.09. The predicted molar refractivity (Wildman–Crippen MR) is 139 cm³/mol. The third-order valence-electron chi connectivity index (χ3n) is 4.43. The molecule has 2 aromatic heterocycles. The van der Waals surface area contributed by atoms with Gasteiger partial charge in [-0.2, -0.15) is 10.5 Å². The van der Waals surface area contributed by atoms with E-state index in [2.05, 4.69) is 25.9 Å². The van der Waals surface area contributed by atoms with Crippen LogP contribution in [-0.4, -0.2) is 27.5 Å². The Kier molecular flexibility index (Phi) is 10.4. The Bertz CT molecular complexity index is 1240. The first-order valence-electron chi connectivity index (χ1n) is 9.23. The maximum absolute atomic E-state index is 8.80. The van der Waals surface area contributed by atoms with Gasteiger partial charge in [0.05, 0.1) is 19.4 Å². The molecule has 4 N–H and O–H groups in total. The Hall–Kier alpha value is -4.02. The fourth-order valence-electron chi connectivity index (χ4n) is 2.82. The molecule has 0 aliphatic carbocycles. The van der Waals surface area contributed by atoms with E-state index in [1.54, 1.807) is 15.5 Å². The molecule has 4 aromatic rings. The Labute approximate surface area is 203 Å². The van der Waals surface area contributed by atoms with Crippen molar-refractivity contribution in [2.45, 2.75) is 13.1 Å². The molecule has 170 valence electrons. The van der Waals surface area contributed by atoms with Crippen LogP contribution in [0.5, 0.6) is 0 Å². The number of hydrogen-bond donors (Lipinski definition) is 2. The minimum atomic E-state index is 0. The molecule has 0 amide bonds. The molecule has 33 heavy (non-hydrogen) atoms. The number of nitrogens with two attached hydrogens (primary N) is 2. The van der Waals surface area contributed by atoms with Gasteiger partial charge in [0, 0.05) is 0 Å². The molecule has 2 aromatic carbocycles. The lowest BCUT2D eigenvalue weighted by molar-refractivity contribution is 0.785. The van der Waals surface area contributed by atoms with E-state index < -0.39 is 0 Å². The van der Waals surface area contributed by atoms with E-state index in [1.165, 1.54) is 0 Å². The molecule has 0 aliphatic rings. The Balaban J connectivity index is 0.000000312. The van der Waals surface area contributed by atoms with Gasteiger partial charge in [-0.25, -0.2) is 9.97 Å². The van der Waals surface area contributed by atoms with E-state index in [1.807, 2.05) is 72.8 Å². The van der Waals surface area contributed by atoms with Gasteiger partial charge in [-0.15, -0.1) is 0 Å². The minimum absolute atomic E-state index is 0. The van der Waals surface area contributed by atoms with E-state index in [0.29, 0.717) is 29.5 Å². The maximum Gasteiger partial charge on any atom is 0.183 e. The molecule has 0 aliphatic heterocycles. The van der Waals surface area contributed by atoms with Crippen molar-refractivity contribution in [3.8, 4) is 12.1 Å². The van der Waals surface area contributed by atoms with Crippen molar-refractivity contribution in [2.75, 3.05) is 11.5 Å². The Morgan fingerprint density at radius 3 is 1.79 bits per heavy atom. The normalized spacial score (nSPS) is 9.30. The van der Waals surface area contributed by atoms with Crippen LogP contribution in [0.25, 0.3) is 0 Å². The third-order valence-corrected chi connectivity index (χ3v) is 5.03. The minimum Gasteiger partial charge on any atom is -0.383 e. The van der Waals surface area contributed by atoms with Crippen LogP contribution in [0.15, 0.2) is 71.7 Å². The van der Waals surface area contributed by atoms with E-state index in [0.717, 1.165) is 11.1 Å². The highest BCUT2D eigenvalue weighted by atomic mass is 79.9. The topological polar surface area (TPSA) is 135 Å². The first-order chi connectivity index (χ1) is 15.0. The predicted octanol–water partition coefficient (Wildman–Crippen LogP) is 2.53. The van der Waals surface area contributed by atoms with Gasteiger partial charge in [0.1, 0.15) is 23.8 Å². The second-order valence-corrected chi connectivity index (χ2v) is 7.21. The van der Waals surface area contributed by atoms with Gasteiger partial charge in [0.2, 0.25) is 0 Å². The number of rotatable bonds is 4. The van der Waals surface area contributed by atoms with Crippen LogP contribution in [0.4, 0.5) is 11.6 Å². The number of hydrogen-bond acceptors (Lipinski definition) is 6. The summed E-state index contributed by atoms with van der Waals surface area (Å²) in [4.78, 5) is 7.93. The zero-order valence-electron chi connectivity index (χ0n) is 17.5. The van der Waals surface area contributed by atoms with Crippen molar-refractivity contribution >= 4 is 36.0 Å². The first-order valence-corrected chi connectivity index (χ1v) is 10.0. The van der Waals surface area contributed by atoms with E-state index in [-0.39, 0.29) is 27.2 Å². The van der Waals surface area contributed by atoms with E-state index in [4.69, 9.17) is 22.0 Å². The van der Waals surface area contributed by atoms with Gasteiger partial charge in [0.15, 0.2) is 16.1 Å². The lowest BCUT2D eigenvalue weighted by Crippen LogP contribution is -2.04. The van der Waals surface area contributed by atoms with Crippen molar-refractivity contribution in [1.82, 2.24) is 19.1 Å². The number of nitriles is 2. The van der Waals surface area contributed by atoms with Crippen LogP contribution in [0.1, 0.15) is 22.5 Å². The molecular formula is C23H26BBrN8-2. The molecule has 10 heteroatoms. The second-order valence-electron chi connectivity index (χ2n) is 6.50.